The van der Waals surface area contributed by atoms with Crippen molar-refractivity contribution in [2.45, 2.75) is 38.3 Å². The van der Waals surface area contributed by atoms with Gasteiger partial charge < -0.3 is 10.6 Å². The molecule has 21 heavy (non-hydrogen) atoms. The minimum absolute atomic E-state index is 0.0979. The van der Waals surface area contributed by atoms with E-state index in [9.17, 15) is 4.79 Å². The Bertz CT molecular complexity index is 528. The van der Waals surface area contributed by atoms with E-state index in [0.717, 1.165) is 17.6 Å². The van der Waals surface area contributed by atoms with Crippen LogP contribution in [0.5, 0.6) is 0 Å². The van der Waals surface area contributed by atoms with Gasteiger partial charge in [0.15, 0.2) is 0 Å². The summed E-state index contributed by atoms with van der Waals surface area (Å²) >= 11 is 3.42. The van der Waals surface area contributed by atoms with Gasteiger partial charge in [0.25, 0.3) is 5.91 Å². The summed E-state index contributed by atoms with van der Waals surface area (Å²) in [7, 11) is 0. The first-order valence-corrected chi connectivity index (χ1v) is 8.45. The zero-order valence-corrected chi connectivity index (χ0v) is 14.0. The van der Waals surface area contributed by atoms with Crippen LogP contribution in [-0.4, -0.2) is 47.4 Å². The molecule has 4 nitrogen and oxygen atoms in total. The normalized spacial score (nSPS) is 26.5. The molecule has 2 saturated heterocycles. The fourth-order valence-electron chi connectivity index (χ4n) is 3.54. The lowest BCUT2D eigenvalue weighted by molar-refractivity contribution is 0.0151. The molecule has 0 aromatic heterocycles. The number of carbonyl (C=O) groups is 1. The van der Waals surface area contributed by atoms with Gasteiger partial charge in [-0.15, -0.1) is 0 Å². The van der Waals surface area contributed by atoms with Gasteiger partial charge in [0, 0.05) is 40.9 Å². The zero-order chi connectivity index (χ0) is 15.0. The van der Waals surface area contributed by atoms with Crippen molar-refractivity contribution in [3.8, 4) is 0 Å². The van der Waals surface area contributed by atoms with Crippen LogP contribution in [0, 0.1) is 0 Å². The number of anilines is 1. The number of rotatable bonds is 1. The second kappa shape index (κ2) is 5.97. The van der Waals surface area contributed by atoms with E-state index < -0.39 is 0 Å². The van der Waals surface area contributed by atoms with Crippen LogP contribution in [0.15, 0.2) is 22.7 Å². The molecule has 0 bridgehead atoms. The van der Waals surface area contributed by atoms with Gasteiger partial charge in [-0.3, -0.25) is 9.69 Å². The second-order valence-electron chi connectivity index (χ2n) is 6.22. The molecular weight excluding hydrogens is 330 g/mol. The van der Waals surface area contributed by atoms with Gasteiger partial charge in [-0.1, -0.05) is 22.4 Å². The molecule has 2 heterocycles. The minimum Gasteiger partial charge on any atom is -0.399 e. The lowest BCUT2D eigenvalue weighted by Crippen LogP contribution is -2.60. The third-order valence-electron chi connectivity index (χ3n) is 4.62. The van der Waals surface area contributed by atoms with E-state index >= 15 is 0 Å². The average Bonchev–Trinajstić information content (AvgIpc) is 2.44. The topological polar surface area (TPSA) is 49.6 Å². The number of piperazine rings is 1. The Labute approximate surface area is 134 Å². The van der Waals surface area contributed by atoms with Gasteiger partial charge in [0.05, 0.1) is 0 Å². The Hall–Kier alpha value is -1.07. The Morgan fingerprint density at radius 2 is 2.10 bits per heavy atom. The predicted octanol–water partition coefficient (Wildman–Crippen LogP) is 2.73. The SMILES string of the molecule is CC1CN2CCCCC2CN1C(=O)c1cc(N)cc(Br)c1. The molecule has 0 radical (unpaired) electrons. The Morgan fingerprint density at radius 3 is 2.86 bits per heavy atom. The summed E-state index contributed by atoms with van der Waals surface area (Å²) in [6.07, 6.45) is 3.78. The Balaban J connectivity index is 1.80. The number of hydrogen-bond acceptors (Lipinski definition) is 3. The summed E-state index contributed by atoms with van der Waals surface area (Å²) in [5.74, 6) is 0.0979. The molecule has 3 rings (SSSR count). The Morgan fingerprint density at radius 1 is 1.29 bits per heavy atom. The fourth-order valence-corrected chi connectivity index (χ4v) is 4.05. The summed E-state index contributed by atoms with van der Waals surface area (Å²) in [4.78, 5) is 17.4. The maximum absolute atomic E-state index is 12.8. The van der Waals surface area contributed by atoms with Gasteiger partial charge >= 0.3 is 0 Å². The van der Waals surface area contributed by atoms with Crippen LogP contribution in [0.1, 0.15) is 36.5 Å². The molecule has 1 aromatic rings. The average molecular weight is 352 g/mol. The van der Waals surface area contributed by atoms with Crippen LogP contribution < -0.4 is 5.73 Å². The van der Waals surface area contributed by atoms with Crippen molar-refractivity contribution in [1.82, 2.24) is 9.80 Å². The molecule has 0 spiro atoms. The van der Waals surface area contributed by atoms with E-state index in [-0.39, 0.29) is 11.9 Å². The van der Waals surface area contributed by atoms with Crippen LogP contribution in [0.4, 0.5) is 5.69 Å². The smallest absolute Gasteiger partial charge is 0.254 e. The molecule has 5 heteroatoms. The summed E-state index contributed by atoms with van der Waals surface area (Å²) < 4.78 is 0.856. The van der Waals surface area contributed by atoms with Crippen LogP contribution in [0.25, 0.3) is 0 Å². The number of nitrogens with zero attached hydrogens (tertiary/aromatic N) is 2. The van der Waals surface area contributed by atoms with E-state index in [1.54, 1.807) is 6.07 Å². The highest BCUT2D eigenvalue weighted by molar-refractivity contribution is 9.10. The first-order chi connectivity index (χ1) is 10.0. The predicted molar refractivity (Wildman–Crippen MR) is 88.3 cm³/mol. The number of fused-ring (bicyclic) bond motifs is 1. The molecular formula is C16H22BrN3O. The quantitative estimate of drug-likeness (QED) is 0.791. The highest BCUT2D eigenvalue weighted by Gasteiger charge is 2.35. The van der Waals surface area contributed by atoms with Gasteiger partial charge in [0.2, 0.25) is 0 Å². The first kappa shape index (κ1) is 14.9. The van der Waals surface area contributed by atoms with Crippen LogP contribution >= 0.6 is 15.9 Å². The van der Waals surface area contributed by atoms with Crippen molar-refractivity contribution < 1.29 is 4.79 Å². The summed E-state index contributed by atoms with van der Waals surface area (Å²) in [5, 5.41) is 0. The van der Waals surface area contributed by atoms with Crippen LogP contribution in [-0.2, 0) is 0 Å². The van der Waals surface area contributed by atoms with Crippen molar-refractivity contribution in [3.05, 3.63) is 28.2 Å². The number of benzene rings is 1. The zero-order valence-electron chi connectivity index (χ0n) is 12.4. The van der Waals surface area contributed by atoms with Crippen molar-refractivity contribution in [1.29, 1.82) is 0 Å². The highest BCUT2D eigenvalue weighted by atomic mass is 79.9. The van der Waals surface area contributed by atoms with Crippen LogP contribution in [0.2, 0.25) is 0 Å². The molecule has 2 unspecified atom stereocenters. The van der Waals surface area contributed by atoms with Gasteiger partial charge in [0.1, 0.15) is 0 Å². The molecule has 1 amide bonds. The summed E-state index contributed by atoms with van der Waals surface area (Å²) in [5.41, 5.74) is 7.16. The highest BCUT2D eigenvalue weighted by Crippen LogP contribution is 2.26. The maximum Gasteiger partial charge on any atom is 0.254 e. The monoisotopic (exact) mass is 351 g/mol. The third kappa shape index (κ3) is 3.09. The molecule has 0 aliphatic carbocycles. The van der Waals surface area contributed by atoms with Crippen LogP contribution in [0.3, 0.4) is 0 Å². The molecule has 1 aromatic carbocycles. The standard InChI is InChI=1S/C16H22BrN3O/c1-11-9-19-5-3-2-4-15(19)10-20(11)16(21)12-6-13(17)8-14(18)7-12/h6-8,11,15H,2-5,9-10,18H2,1H3. The molecule has 114 valence electrons. The number of hydrogen-bond donors (Lipinski definition) is 1. The van der Waals surface area contributed by atoms with E-state index in [0.29, 0.717) is 17.3 Å². The summed E-state index contributed by atoms with van der Waals surface area (Å²) in [6, 6.07) is 6.24. The lowest BCUT2D eigenvalue weighted by Gasteiger charge is -2.47. The molecule has 2 fully saturated rings. The largest absolute Gasteiger partial charge is 0.399 e. The van der Waals surface area contributed by atoms with E-state index in [1.165, 1.54) is 25.8 Å². The molecule has 2 N–H and O–H groups in total. The molecule has 2 aliphatic heterocycles. The maximum atomic E-state index is 12.8. The minimum atomic E-state index is 0.0979. The van der Waals surface area contributed by atoms with E-state index in [1.807, 2.05) is 17.0 Å². The number of nitrogens with two attached hydrogens (primary N) is 1. The lowest BCUT2D eigenvalue weighted by atomic mass is 9.96. The van der Waals surface area contributed by atoms with Crippen molar-refractivity contribution in [3.63, 3.8) is 0 Å². The third-order valence-corrected chi connectivity index (χ3v) is 5.07. The number of piperidine rings is 1. The van der Waals surface area contributed by atoms with Gasteiger partial charge in [-0.2, -0.15) is 0 Å². The van der Waals surface area contributed by atoms with E-state index in [2.05, 4.69) is 27.8 Å². The molecule has 2 atom stereocenters. The Kier molecular flexibility index (Phi) is 4.22. The number of halogens is 1. The summed E-state index contributed by atoms with van der Waals surface area (Å²) in [6.45, 7) is 5.15. The van der Waals surface area contributed by atoms with Crippen molar-refractivity contribution in [2.24, 2.45) is 0 Å². The first-order valence-electron chi connectivity index (χ1n) is 7.65. The van der Waals surface area contributed by atoms with Crippen molar-refractivity contribution >= 4 is 27.5 Å². The number of amides is 1. The van der Waals surface area contributed by atoms with Gasteiger partial charge in [-0.05, 0) is 44.5 Å². The molecule has 2 aliphatic rings. The second-order valence-corrected chi connectivity index (χ2v) is 7.14. The molecule has 0 saturated carbocycles. The van der Waals surface area contributed by atoms with Gasteiger partial charge in [-0.25, -0.2) is 0 Å². The number of nitrogen functional groups attached to an aromatic ring is 1. The van der Waals surface area contributed by atoms with Crippen molar-refractivity contribution in [2.75, 3.05) is 25.4 Å². The van der Waals surface area contributed by atoms with E-state index in [4.69, 9.17) is 5.73 Å². The fraction of sp³-hybridized carbons (Fsp3) is 0.562. The number of carbonyl (C=O) groups excluding carboxylic acids is 1.